The molecule has 0 saturated carbocycles. The quantitative estimate of drug-likeness (QED) is 0.263. The Bertz CT molecular complexity index is 1760. The summed E-state index contributed by atoms with van der Waals surface area (Å²) in [6.07, 6.45) is 5.82. The van der Waals surface area contributed by atoms with E-state index >= 15 is 0 Å². The van der Waals surface area contributed by atoms with Gasteiger partial charge in [0.25, 0.3) is 5.91 Å². The summed E-state index contributed by atoms with van der Waals surface area (Å²) in [4.78, 5) is 31.6. The van der Waals surface area contributed by atoms with Crippen LogP contribution in [0.1, 0.15) is 17.7 Å². The van der Waals surface area contributed by atoms with Gasteiger partial charge in [-0.15, -0.1) is 0 Å². The second-order valence-electron chi connectivity index (χ2n) is 10.7. The summed E-state index contributed by atoms with van der Waals surface area (Å²) < 4.78 is 36.2. The van der Waals surface area contributed by atoms with E-state index in [2.05, 4.69) is 22.5 Å². The van der Waals surface area contributed by atoms with Gasteiger partial charge in [-0.25, -0.2) is 13.8 Å². The Kier molecular flexibility index (Phi) is 8.30. The molecular formula is C31H29ClF2N8O2. The first-order valence-electron chi connectivity index (χ1n) is 14.2. The molecule has 0 radical (unpaired) electrons. The van der Waals surface area contributed by atoms with E-state index in [1.165, 1.54) is 11.0 Å². The fraction of sp³-hybridized carbons (Fsp3) is 0.323. The van der Waals surface area contributed by atoms with E-state index in [-0.39, 0.29) is 30.5 Å². The van der Waals surface area contributed by atoms with Crippen LogP contribution in [0, 0.1) is 17.1 Å². The zero-order valence-corrected chi connectivity index (χ0v) is 24.6. The number of rotatable bonds is 8. The van der Waals surface area contributed by atoms with E-state index in [1.54, 1.807) is 18.6 Å². The lowest BCUT2D eigenvalue weighted by molar-refractivity contribution is -0.131. The van der Waals surface area contributed by atoms with Crippen molar-refractivity contribution in [2.24, 2.45) is 0 Å². The van der Waals surface area contributed by atoms with Crippen LogP contribution >= 0.6 is 11.6 Å². The average Bonchev–Trinajstić information content (AvgIpc) is 3.55. The normalized spacial score (nSPS) is 16.5. The third-order valence-corrected chi connectivity index (χ3v) is 8.39. The number of amides is 1. The molecule has 1 fully saturated rings. The van der Waals surface area contributed by atoms with Crippen LogP contribution in [0.15, 0.2) is 61.5 Å². The molecule has 0 bridgehead atoms. The van der Waals surface area contributed by atoms with Crippen molar-refractivity contribution in [2.45, 2.75) is 32.0 Å². The number of halogens is 3. The first kappa shape index (κ1) is 29.3. The van der Waals surface area contributed by atoms with Gasteiger partial charge in [0.1, 0.15) is 18.2 Å². The minimum atomic E-state index is -1.05. The lowest BCUT2D eigenvalue weighted by Gasteiger charge is -2.42. The van der Waals surface area contributed by atoms with Crippen molar-refractivity contribution in [3.8, 4) is 12.1 Å². The van der Waals surface area contributed by atoms with Crippen molar-refractivity contribution in [1.29, 1.82) is 5.26 Å². The highest BCUT2D eigenvalue weighted by molar-refractivity contribution is 6.36. The number of fused-ring (bicyclic) bond motifs is 2. The fourth-order valence-electron chi connectivity index (χ4n) is 5.89. The molecule has 2 aromatic carbocycles. The van der Waals surface area contributed by atoms with Gasteiger partial charge < -0.3 is 24.0 Å². The van der Waals surface area contributed by atoms with Gasteiger partial charge in [-0.1, -0.05) is 36.4 Å². The molecule has 1 atom stereocenters. The van der Waals surface area contributed by atoms with Gasteiger partial charge in [0.2, 0.25) is 0 Å². The Morgan fingerprint density at radius 1 is 1.18 bits per heavy atom. The minimum Gasteiger partial charge on any atom is -0.462 e. The van der Waals surface area contributed by atoms with E-state index in [0.29, 0.717) is 50.4 Å². The van der Waals surface area contributed by atoms with E-state index in [0.717, 1.165) is 22.3 Å². The molecule has 2 aliphatic heterocycles. The Hall–Kier alpha value is -4.76. The second kappa shape index (κ2) is 12.5. The molecule has 10 nitrogen and oxygen atoms in total. The molecule has 0 N–H and O–H groups in total. The molecular weight excluding hydrogens is 590 g/mol. The first-order chi connectivity index (χ1) is 21.3. The van der Waals surface area contributed by atoms with Crippen LogP contribution in [-0.2, 0) is 24.3 Å². The molecule has 1 amide bonds. The van der Waals surface area contributed by atoms with Crippen molar-refractivity contribution >= 4 is 39.8 Å². The van der Waals surface area contributed by atoms with Gasteiger partial charge in [0, 0.05) is 55.2 Å². The maximum atomic E-state index is 14.5. The van der Waals surface area contributed by atoms with E-state index in [1.807, 2.05) is 33.9 Å². The number of piperazine rings is 1. The monoisotopic (exact) mass is 618 g/mol. The van der Waals surface area contributed by atoms with Gasteiger partial charge in [-0.05, 0) is 23.9 Å². The van der Waals surface area contributed by atoms with Crippen molar-refractivity contribution in [2.75, 3.05) is 42.6 Å². The van der Waals surface area contributed by atoms with Crippen molar-refractivity contribution < 1.29 is 18.3 Å². The molecule has 4 aromatic rings. The molecule has 44 heavy (non-hydrogen) atoms. The van der Waals surface area contributed by atoms with Crippen molar-refractivity contribution in [1.82, 2.24) is 24.4 Å². The Morgan fingerprint density at radius 2 is 2.05 bits per heavy atom. The lowest BCUT2D eigenvalue weighted by Crippen LogP contribution is -2.55. The standard InChI is InChI=1S/C31H29ClF2N8O2/c1-20(33)30(43)42-14-13-41(17-22(42)7-9-35)29-23-8-11-40(26-4-2-3-21-5-6-24(34)28(32)27(21)26)18-25(23)37-31(38-29)44-16-15-39-12-10-36-19-39/h2-6,10,12,19,22H,1,7-8,11,13-18H2/t22-/m0/s1. The van der Waals surface area contributed by atoms with Crippen LogP contribution in [0.4, 0.5) is 20.3 Å². The van der Waals surface area contributed by atoms with Gasteiger partial charge in [-0.2, -0.15) is 15.2 Å². The summed E-state index contributed by atoms with van der Waals surface area (Å²) in [6.45, 7) is 5.85. The predicted molar refractivity (Wildman–Crippen MR) is 162 cm³/mol. The number of ether oxygens (including phenoxy) is 1. The molecule has 0 aliphatic carbocycles. The van der Waals surface area contributed by atoms with Gasteiger partial charge in [0.15, 0.2) is 5.83 Å². The summed E-state index contributed by atoms with van der Waals surface area (Å²) in [7, 11) is 0. The van der Waals surface area contributed by atoms with Crippen LogP contribution in [0.5, 0.6) is 6.01 Å². The first-order valence-corrected chi connectivity index (χ1v) is 14.6. The highest BCUT2D eigenvalue weighted by Crippen LogP contribution is 2.38. The van der Waals surface area contributed by atoms with E-state index < -0.39 is 23.6 Å². The second-order valence-corrected chi connectivity index (χ2v) is 11.1. The van der Waals surface area contributed by atoms with E-state index in [9.17, 15) is 18.8 Å². The largest absolute Gasteiger partial charge is 0.462 e. The van der Waals surface area contributed by atoms with Crippen molar-refractivity contribution in [3.63, 3.8) is 0 Å². The van der Waals surface area contributed by atoms with Gasteiger partial charge >= 0.3 is 6.01 Å². The molecule has 1 saturated heterocycles. The van der Waals surface area contributed by atoms with Crippen LogP contribution in [0.3, 0.4) is 0 Å². The van der Waals surface area contributed by atoms with Crippen LogP contribution in [0.2, 0.25) is 5.02 Å². The maximum Gasteiger partial charge on any atom is 0.318 e. The number of anilines is 2. The number of hydrogen-bond acceptors (Lipinski definition) is 8. The predicted octanol–water partition coefficient (Wildman–Crippen LogP) is 4.67. The third kappa shape index (κ3) is 5.75. The lowest BCUT2D eigenvalue weighted by atomic mass is 10.0. The fourth-order valence-corrected chi connectivity index (χ4v) is 6.16. The zero-order valence-electron chi connectivity index (χ0n) is 23.8. The topological polar surface area (TPSA) is 103 Å². The van der Waals surface area contributed by atoms with Crippen LogP contribution in [-0.4, -0.2) is 69.2 Å². The number of carbonyl (C=O) groups excluding carboxylic acids is 1. The summed E-state index contributed by atoms with van der Waals surface area (Å²) in [5.74, 6) is -1.69. The summed E-state index contributed by atoms with van der Waals surface area (Å²) >= 11 is 6.45. The number of aromatic nitrogens is 4. The number of nitrogens with zero attached hydrogens (tertiary/aromatic N) is 8. The van der Waals surface area contributed by atoms with Crippen LogP contribution in [0.25, 0.3) is 10.8 Å². The number of carbonyl (C=O) groups is 1. The Labute approximate surface area is 257 Å². The molecule has 4 heterocycles. The zero-order chi connectivity index (χ0) is 30.8. The summed E-state index contributed by atoms with van der Waals surface area (Å²) in [5.41, 5.74) is 2.47. The van der Waals surface area contributed by atoms with E-state index in [4.69, 9.17) is 26.3 Å². The summed E-state index contributed by atoms with van der Waals surface area (Å²) in [5, 5.41) is 11.0. The third-order valence-electron chi connectivity index (χ3n) is 8.02. The number of hydrogen-bond donors (Lipinski definition) is 0. The molecule has 2 aliphatic rings. The summed E-state index contributed by atoms with van der Waals surface area (Å²) in [6, 6.07) is 10.6. The minimum absolute atomic E-state index is 0.0310. The molecule has 13 heteroatoms. The number of nitriles is 1. The number of benzene rings is 2. The van der Waals surface area contributed by atoms with Crippen LogP contribution < -0.4 is 14.5 Å². The van der Waals surface area contributed by atoms with Gasteiger partial charge in [0.05, 0.1) is 48.7 Å². The molecule has 2 aromatic heterocycles. The smallest absolute Gasteiger partial charge is 0.318 e. The van der Waals surface area contributed by atoms with Crippen molar-refractivity contribution in [3.05, 3.63) is 83.6 Å². The highest BCUT2D eigenvalue weighted by Gasteiger charge is 2.35. The maximum absolute atomic E-state index is 14.5. The molecule has 6 rings (SSSR count). The number of imidazole rings is 1. The Morgan fingerprint density at radius 3 is 2.82 bits per heavy atom. The van der Waals surface area contributed by atoms with Gasteiger partial charge in [-0.3, -0.25) is 4.79 Å². The highest BCUT2D eigenvalue weighted by atomic mass is 35.5. The molecule has 0 unspecified atom stereocenters. The molecule has 0 spiro atoms. The SMILES string of the molecule is C=C(F)C(=O)N1CCN(c2nc(OCCn3ccnc3)nc3c2CCN(c2cccc4ccc(F)c(Cl)c24)C3)C[C@@H]1CC#N. The molecule has 226 valence electrons. The Balaban J connectivity index is 1.34. The average molecular weight is 619 g/mol.